The highest BCUT2D eigenvalue weighted by Crippen LogP contribution is 2.33. The molecule has 1 aliphatic heterocycles. The average molecular weight is 430 g/mol. The van der Waals surface area contributed by atoms with Crippen LogP contribution in [0, 0.1) is 5.82 Å². The second-order valence-corrected chi connectivity index (χ2v) is 7.49. The normalized spacial score (nSPS) is 13.7. The number of hydrogen-bond acceptors (Lipinski definition) is 4. The molecule has 0 saturated carbocycles. The summed E-state index contributed by atoms with van der Waals surface area (Å²) >= 11 is 0. The molecule has 3 aromatic rings. The van der Waals surface area contributed by atoms with Crippen molar-refractivity contribution in [1.82, 2.24) is 4.90 Å². The van der Waals surface area contributed by atoms with Crippen LogP contribution >= 0.6 is 0 Å². The first-order valence-electron chi connectivity index (χ1n) is 10.3. The van der Waals surface area contributed by atoms with E-state index >= 15 is 0 Å². The number of ether oxygens (including phenoxy) is 1. The van der Waals surface area contributed by atoms with Crippen molar-refractivity contribution in [3.8, 4) is 5.75 Å². The number of para-hydroxylation sites is 1. The van der Waals surface area contributed by atoms with Gasteiger partial charge in [0.15, 0.2) is 0 Å². The SMILES string of the molecule is COc1ccc(CCN2C(=O)C(c3ccc(F)cc3)=C(N(C)c3ccccc3)C2=O)cc1. The Bertz CT molecular complexity index is 1160. The smallest absolute Gasteiger partial charge is 0.278 e. The van der Waals surface area contributed by atoms with E-state index in [4.69, 9.17) is 4.74 Å². The fourth-order valence-electron chi connectivity index (χ4n) is 3.77. The summed E-state index contributed by atoms with van der Waals surface area (Å²) in [6.45, 7) is 0.237. The van der Waals surface area contributed by atoms with E-state index in [0.717, 1.165) is 17.0 Å². The molecular formula is C26H23FN2O3. The quantitative estimate of drug-likeness (QED) is 0.525. The molecule has 0 aliphatic carbocycles. The fourth-order valence-corrected chi connectivity index (χ4v) is 3.77. The fraction of sp³-hybridized carbons (Fsp3) is 0.154. The standard InChI is InChI=1S/C26H23FN2O3/c1-28(21-6-4-3-5-7-21)24-23(19-10-12-20(27)13-11-19)25(30)29(26(24)31)17-16-18-8-14-22(32-2)15-9-18/h3-15H,16-17H2,1-2H3. The van der Waals surface area contributed by atoms with E-state index in [1.165, 1.54) is 29.2 Å². The van der Waals surface area contributed by atoms with E-state index in [0.29, 0.717) is 12.0 Å². The van der Waals surface area contributed by atoms with Crippen molar-refractivity contribution in [3.05, 3.63) is 102 Å². The number of benzene rings is 3. The van der Waals surface area contributed by atoms with Crippen molar-refractivity contribution in [2.45, 2.75) is 6.42 Å². The molecular weight excluding hydrogens is 407 g/mol. The molecule has 0 spiro atoms. The number of methoxy groups -OCH3 is 1. The van der Waals surface area contributed by atoms with Crippen LogP contribution < -0.4 is 9.64 Å². The number of amides is 2. The summed E-state index contributed by atoms with van der Waals surface area (Å²) in [5.41, 5.74) is 2.83. The van der Waals surface area contributed by atoms with Gasteiger partial charge in [0.2, 0.25) is 0 Å². The lowest BCUT2D eigenvalue weighted by atomic mass is 10.0. The van der Waals surface area contributed by atoms with Gasteiger partial charge >= 0.3 is 0 Å². The third-order valence-electron chi connectivity index (χ3n) is 5.54. The van der Waals surface area contributed by atoms with Gasteiger partial charge in [-0.3, -0.25) is 14.5 Å². The van der Waals surface area contributed by atoms with Crippen molar-refractivity contribution in [3.63, 3.8) is 0 Å². The van der Waals surface area contributed by atoms with Crippen LogP contribution in [0.2, 0.25) is 0 Å². The summed E-state index contributed by atoms with van der Waals surface area (Å²) in [5, 5.41) is 0. The predicted octanol–water partition coefficient (Wildman–Crippen LogP) is 4.29. The Morgan fingerprint density at radius 3 is 2.16 bits per heavy atom. The first-order valence-corrected chi connectivity index (χ1v) is 10.3. The Morgan fingerprint density at radius 2 is 1.53 bits per heavy atom. The zero-order valence-corrected chi connectivity index (χ0v) is 17.9. The number of imide groups is 1. The molecule has 32 heavy (non-hydrogen) atoms. The second-order valence-electron chi connectivity index (χ2n) is 7.49. The summed E-state index contributed by atoms with van der Waals surface area (Å²) in [5.74, 6) is -0.406. The molecule has 0 bridgehead atoms. The molecule has 6 heteroatoms. The van der Waals surface area contributed by atoms with Gasteiger partial charge in [-0.05, 0) is 53.9 Å². The lowest BCUT2D eigenvalue weighted by molar-refractivity contribution is -0.136. The van der Waals surface area contributed by atoms with Crippen molar-refractivity contribution in [1.29, 1.82) is 0 Å². The third-order valence-corrected chi connectivity index (χ3v) is 5.54. The molecule has 0 unspecified atom stereocenters. The molecule has 4 rings (SSSR count). The summed E-state index contributed by atoms with van der Waals surface area (Å²) in [6, 6.07) is 22.5. The van der Waals surface area contributed by atoms with Crippen LogP contribution in [-0.4, -0.2) is 37.4 Å². The van der Waals surface area contributed by atoms with Gasteiger partial charge < -0.3 is 9.64 Å². The number of likely N-dealkylation sites (N-methyl/N-ethyl adjacent to an activating group) is 1. The zero-order chi connectivity index (χ0) is 22.7. The van der Waals surface area contributed by atoms with Gasteiger partial charge in [0, 0.05) is 19.3 Å². The number of nitrogens with zero attached hydrogens (tertiary/aromatic N) is 2. The summed E-state index contributed by atoms with van der Waals surface area (Å²) in [4.78, 5) is 29.8. The van der Waals surface area contributed by atoms with Crippen LogP contribution in [0.1, 0.15) is 11.1 Å². The third kappa shape index (κ3) is 4.12. The van der Waals surface area contributed by atoms with Crippen molar-refractivity contribution in [2.24, 2.45) is 0 Å². The highest BCUT2D eigenvalue weighted by Gasteiger charge is 2.40. The molecule has 2 amide bonds. The van der Waals surface area contributed by atoms with Crippen LogP contribution in [0.25, 0.3) is 5.57 Å². The van der Waals surface area contributed by atoms with E-state index in [9.17, 15) is 14.0 Å². The Kier molecular flexibility index (Phi) is 6.03. The van der Waals surface area contributed by atoms with E-state index in [1.54, 1.807) is 19.1 Å². The highest BCUT2D eigenvalue weighted by molar-refractivity contribution is 6.36. The van der Waals surface area contributed by atoms with E-state index in [-0.39, 0.29) is 29.6 Å². The number of carbonyl (C=O) groups is 2. The number of rotatable bonds is 7. The number of carbonyl (C=O) groups excluding carboxylic acids is 2. The van der Waals surface area contributed by atoms with Crippen LogP contribution in [0.4, 0.5) is 10.1 Å². The van der Waals surface area contributed by atoms with Crippen molar-refractivity contribution in [2.75, 3.05) is 25.6 Å². The Hall–Kier alpha value is -3.93. The summed E-state index contributed by atoms with van der Waals surface area (Å²) in [6.07, 6.45) is 0.514. The molecule has 0 radical (unpaired) electrons. The van der Waals surface area contributed by atoms with Gasteiger partial charge in [0.25, 0.3) is 11.8 Å². The lowest BCUT2D eigenvalue weighted by Crippen LogP contribution is -2.35. The Balaban J connectivity index is 1.66. The largest absolute Gasteiger partial charge is 0.497 e. The predicted molar refractivity (Wildman–Crippen MR) is 122 cm³/mol. The topological polar surface area (TPSA) is 49.9 Å². The molecule has 0 atom stereocenters. The maximum atomic E-state index is 13.5. The lowest BCUT2D eigenvalue weighted by Gasteiger charge is -2.21. The molecule has 5 nitrogen and oxygen atoms in total. The molecule has 0 aromatic heterocycles. The van der Waals surface area contributed by atoms with Gasteiger partial charge in [-0.2, -0.15) is 0 Å². The van der Waals surface area contributed by atoms with E-state index in [2.05, 4.69) is 0 Å². The molecule has 3 aromatic carbocycles. The molecule has 1 aliphatic rings. The molecule has 0 fully saturated rings. The van der Waals surface area contributed by atoms with Gasteiger partial charge in [-0.15, -0.1) is 0 Å². The summed E-state index contributed by atoms with van der Waals surface area (Å²) in [7, 11) is 3.36. The highest BCUT2D eigenvalue weighted by atomic mass is 19.1. The first-order chi connectivity index (χ1) is 15.5. The minimum atomic E-state index is -0.402. The summed E-state index contributed by atoms with van der Waals surface area (Å²) < 4.78 is 18.7. The monoisotopic (exact) mass is 430 g/mol. The minimum Gasteiger partial charge on any atom is -0.497 e. The van der Waals surface area contributed by atoms with E-state index < -0.39 is 5.82 Å². The van der Waals surface area contributed by atoms with Crippen LogP contribution in [0.15, 0.2) is 84.6 Å². The Labute approximate surface area is 186 Å². The van der Waals surface area contributed by atoms with Gasteiger partial charge in [0.05, 0.1) is 12.7 Å². The second kappa shape index (κ2) is 9.06. The van der Waals surface area contributed by atoms with Crippen LogP contribution in [0.5, 0.6) is 5.75 Å². The zero-order valence-electron chi connectivity index (χ0n) is 17.9. The Morgan fingerprint density at radius 1 is 0.875 bits per heavy atom. The van der Waals surface area contributed by atoms with Crippen molar-refractivity contribution < 1.29 is 18.7 Å². The van der Waals surface area contributed by atoms with E-state index in [1.807, 2.05) is 54.6 Å². The number of hydrogen-bond donors (Lipinski definition) is 0. The van der Waals surface area contributed by atoms with Gasteiger partial charge in [0.1, 0.15) is 17.3 Å². The molecule has 162 valence electrons. The molecule has 0 saturated heterocycles. The van der Waals surface area contributed by atoms with Crippen molar-refractivity contribution >= 4 is 23.1 Å². The first kappa shape index (κ1) is 21.3. The van der Waals surface area contributed by atoms with Gasteiger partial charge in [-0.25, -0.2) is 4.39 Å². The maximum absolute atomic E-state index is 13.5. The number of anilines is 1. The molecule has 1 heterocycles. The minimum absolute atomic E-state index is 0.237. The van der Waals surface area contributed by atoms with Gasteiger partial charge in [-0.1, -0.05) is 42.5 Å². The van der Waals surface area contributed by atoms with Crippen LogP contribution in [-0.2, 0) is 16.0 Å². The molecule has 0 N–H and O–H groups in total. The van der Waals surface area contributed by atoms with Crippen LogP contribution in [0.3, 0.4) is 0 Å². The average Bonchev–Trinajstić information content (AvgIpc) is 3.08. The maximum Gasteiger partial charge on any atom is 0.278 e. The number of halogens is 1.